The van der Waals surface area contributed by atoms with Crippen LogP contribution in [0.1, 0.15) is 18.1 Å². The van der Waals surface area contributed by atoms with E-state index in [1.807, 2.05) is 57.2 Å². The van der Waals surface area contributed by atoms with Crippen molar-refractivity contribution in [3.8, 4) is 5.75 Å². The molecule has 0 aliphatic carbocycles. The van der Waals surface area contributed by atoms with Crippen molar-refractivity contribution in [3.05, 3.63) is 53.6 Å². The highest BCUT2D eigenvalue weighted by Gasteiger charge is 2.14. The van der Waals surface area contributed by atoms with Crippen molar-refractivity contribution in [1.29, 1.82) is 0 Å². The molecule has 0 aromatic heterocycles. The smallest absolute Gasteiger partial charge is 0.246 e. The van der Waals surface area contributed by atoms with Gasteiger partial charge in [0.1, 0.15) is 11.8 Å². The van der Waals surface area contributed by atoms with Gasteiger partial charge in [-0.15, -0.1) is 0 Å². The maximum atomic E-state index is 12.3. The number of anilines is 2. The molecule has 0 saturated carbocycles. The summed E-state index contributed by atoms with van der Waals surface area (Å²) in [6, 6.07) is 13.1. The maximum absolute atomic E-state index is 12.3. The Labute approximate surface area is 131 Å². The van der Waals surface area contributed by atoms with E-state index in [0.29, 0.717) is 0 Å². The molecule has 116 valence electrons. The van der Waals surface area contributed by atoms with Gasteiger partial charge < -0.3 is 15.4 Å². The molecule has 0 saturated heterocycles. The van der Waals surface area contributed by atoms with Crippen LogP contribution in [0.25, 0.3) is 0 Å². The van der Waals surface area contributed by atoms with Crippen molar-refractivity contribution >= 4 is 17.3 Å². The number of aryl methyl sites for hydroxylation is 2. The topological polar surface area (TPSA) is 50.4 Å². The first-order valence-electron chi connectivity index (χ1n) is 7.28. The lowest BCUT2D eigenvalue weighted by Crippen LogP contribution is -2.32. The number of carbonyl (C=O) groups is 1. The quantitative estimate of drug-likeness (QED) is 0.884. The molecule has 4 heteroatoms. The average Bonchev–Trinajstić information content (AvgIpc) is 2.50. The standard InChI is InChI=1S/C18H22N2O2/c1-12-8-9-17(13(2)10-12)20-18(21)14(3)19-15-6-5-7-16(11-15)22-4/h5-11,14,19H,1-4H3,(H,20,21). The van der Waals surface area contributed by atoms with Crippen molar-refractivity contribution in [2.45, 2.75) is 26.8 Å². The molecule has 4 nitrogen and oxygen atoms in total. The molecule has 0 aliphatic rings. The molecular weight excluding hydrogens is 276 g/mol. The first-order chi connectivity index (χ1) is 10.5. The second-order valence-electron chi connectivity index (χ2n) is 5.41. The van der Waals surface area contributed by atoms with E-state index in [0.717, 1.165) is 22.7 Å². The Kier molecular flexibility index (Phi) is 5.04. The van der Waals surface area contributed by atoms with E-state index in [1.54, 1.807) is 7.11 Å². The van der Waals surface area contributed by atoms with E-state index in [2.05, 4.69) is 16.7 Å². The van der Waals surface area contributed by atoms with Gasteiger partial charge in [-0.2, -0.15) is 0 Å². The summed E-state index contributed by atoms with van der Waals surface area (Å²) >= 11 is 0. The third kappa shape index (κ3) is 4.01. The molecule has 22 heavy (non-hydrogen) atoms. The van der Waals surface area contributed by atoms with Crippen LogP contribution in [0.2, 0.25) is 0 Å². The molecule has 0 radical (unpaired) electrons. The summed E-state index contributed by atoms with van der Waals surface area (Å²) in [5, 5.41) is 6.13. The van der Waals surface area contributed by atoms with Gasteiger partial charge in [-0.05, 0) is 44.5 Å². The number of carbonyl (C=O) groups excluding carboxylic acids is 1. The highest BCUT2D eigenvalue weighted by Crippen LogP contribution is 2.19. The lowest BCUT2D eigenvalue weighted by Gasteiger charge is -2.17. The number of rotatable bonds is 5. The molecule has 2 rings (SSSR count). The van der Waals surface area contributed by atoms with Crippen LogP contribution >= 0.6 is 0 Å². The van der Waals surface area contributed by atoms with Crippen molar-refractivity contribution < 1.29 is 9.53 Å². The fourth-order valence-electron chi connectivity index (χ4n) is 2.22. The molecule has 0 fully saturated rings. The van der Waals surface area contributed by atoms with Gasteiger partial charge in [0.15, 0.2) is 0 Å². The van der Waals surface area contributed by atoms with Gasteiger partial charge in [-0.3, -0.25) is 4.79 Å². The first kappa shape index (κ1) is 15.9. The molecule has 1 amide bonds. The summed E-state index contributed by atoms with van der Waals surface area (Å²) in [5.41, 5.74) is 3.93. The molecule has 2 N–H and O–H groups in total. The summed E-state index contributed by atoms with van der Waals surface area (Å²) in [6.45, 7) is 5.85. The van der Waals surface area contributed by atoms with Crippen LogP contribution in [-0.4, -0.2) is 19.1 Å². The fourth-order valence-corrected chi connectivity index (χ4v) is 2.22. The van der Waals surface area contributed by atoms with Gasteiger partial charge in [0, 0.05) is 17.4 Å². The number of hydrogen-bond donors (Lipinski definition) is 2. The van der Waals surface area contributed by atoms with Crippen molar-refractivity contribution in [2.24, 2.45) is 0 Å². The van der Waals surface area contributed by atoms with E-state index in [-0.39, 0.29) is 11.9 Å². The second-order valence-corrected chi connectivity index (χ2v) is 5.41. The minimum Gasteiger partial charge on any atom is -0.497 e. The van der Waals surface area contributed by atoms with Gasteiger partial charge in [0.05, 0.1) is 7.11 Å². The Balaban J connectivity index is 2.02. The molecule has 1 atom stereocenters. The van der Waals surface area contributed by atoms with Crippen LogP contribution in [-0.2, 0) is 4.79 Å². The van der Waals surface area contributed by atoms with Gasteiger partial charge in [0.2, 0.25) is 5.91 Å². The molecule has 0 bridgehead atoms. The summed E-state index contributed by atoms with van der Waals surface area (Å²) in [7, 11) is 1.62. The van der Waals surface area contributed by atoms with Gasteiger partial charge >= 0.3 is 0 Å². The van der Waals surface area contributed by atoms with Gasteiger partial charge in [-0.1, -0.05) is 23.8 Å². The third-order valence-corrected chi connectivity index (χ3v) is 3.49. The Morgan fingerprint density at radius 1 is 1.14 bits per heavy atom. The van der Waals surface area contributed by atoms with Crippen LogP contribution in [0, 0.1) is 13.8 Å². The van der Waals surface area contributed by atoms with E-state index in [9.17, 15) is 4.79 Å². The Bertz CT molecular complexity index is 668. The van der Waals surface area contributed by atoms with Crippen molar-refractivity contribution in [3.63, 3.8) is 0 Å². The van der Waals surface area contributed by atoms with E-state index in [1.165, 1.54) is 5.56 Å². The number of methoxy groups -OCH3 is 1. The zero-order valence-electron chi connectivity index (χ0n) is 13.4. The molecule has 2 aromatic carbocycles. The SMILES string of the molecule is COc1cccc(NC(C)C(=O)Nc2ccc(C)cc2C)c1. The van der Waals surface area contributed by atoms with Crippen LogP contribution < -0.4 is 15.4 Å². The second kappa shape index (κ2) is 6.98. The van der Waals surface area contributed by atoms with Crippen molar-refractivity contribution in [2.75, 3.05) is 17.7 Å². The molecule has 2 aromatic rings. The number of benzene rings is 2. The van der Waals surface area contributed by atoms with Crippen LogP contribution in [0.15, 0.2) is 42.5 Å². The van der Waals surface area contributed by atoms with Crippen LogP contribution in [0.4, 0.5) is 11.4 Å². The minimum absolute atomic E-state index is 0.0743. The van der Waals surface area contributed by atoms with Gasteiger partial charge in [0.25, 0.3) is 0 Å². The maximum Gasteiger partial charge on any atom is 0.246 e. The van der Waals surface area contributed by atoms with E-state index in [4.69, 9.17) is 4.74 Å². The zero-order chi connectivity index (χ0) is 16.1. The highest BCUT2D eigenvalue weighted by molar-refractivity contribution is 5.96. The fraction of sp³-hybridized carbons (Fsp3) is 0.278. The van der Waals surface area contributed by atoms with Crippen LogP contribution in [0.3, 0.4) is 0 Å². The Hall–Kier alpha value is -2.49. The first-order valence-corrected chi connectivity index (χ1v) is 7.28. The number of ether oxygens (including phenoxy) is 1. The average molecular weight is 298 g/mol. The third-order valence-electron chi connectivity index (χ3n) is 3.49. The van der Waals surface area contributed by atoms with E-state index < -0.39 is 0 Å². The highest BCUT2D eigenvalue weighted by atomic mass is 16.5. The molecule has 0 spiro atoms. The zero-order valence-corrected chi connectivity index (χ0v) is 13.4. The minimum atomic E-state index is -0.354. The summed E-state index contributed by atoms with van der Waals surface area (Å²) in [4.78, 5) is 12.3. The largest absolute Gasteiger partial charge is 0.497 e. The van der Waals surface area contributed by atoms with Gasteiger partial charge in [-0.25, -0.2) is 0 Å². The molecule has 0 heterocycles. The summed E-state index contributed by atoms with van der Waals surface area (Å²) < 4.78 is 5.18. The summed E-state index contributed by atoms with van der Waals surface area (Å²) in [5.74, 6) is 0.682. The molecule has 0 aliphatic heterocycles. The predicted octanol–water partition coefficient (Wildman–Crippen LogP) is 3.75. The Morgan fingerprint density at radius 2 is 1.91 bits per heavy atom. The van der Waals surface area contributed by atoms with E-state index >= 15 is 0 Å². The summed E-state index contributed by atoms with van der Waals surface area (Å²) in [6.07, 6.45) is 0. The lowest BCUT2D eigenvalue weighted by atomic mass is 10.1. The monoisotopic (exact) mass is 298 g/mol. The van der Waals surface area contributed by atoms with Crippen molar-refractivity contribution in [1.82, 2.24) is 0 Å². The van der Waals surface area contributed by atoms with Crippen LogP contribution in [0.5, 0.6) is 5.75 Å². The number of amides is 1. The number of hydrogen-bond acceptors (Lipinski definition) is 3. The Morgan fingerprint density at radius 3 is 2.59 bits per heavy atom. The predicted molar refractivity (Wildman–Crippen MR) is 90.6 cm³/mol. The normalized spacial score (nSPS) is 11.6. The molecule has 1 unspecified atom stereocenters. The molecular formula is C18H22N2O2. The lowest BCUT2D eigenvalue weighted by molar-refractivity contribution is -0.116. The number of nitrogens with one attached hydrogen (secondary N) is 2.